The lowest BCUT2D eigenvalue weighted by atomic mass is 9.86. The van der Waals surface area contributed by atoms with Gasteiger partial charge in [0.2, 0.25) is 0 Å². The molecular weight excluding hydrogens is 355 g/mol. The van der Waals surface area contributed by atoms with Gasteiger partial charge in [-0.1, -0.05) is 27.7 Å². The summed E-state index contributed by atoms with van der Waals surface area (Å²) in [4.78, 5) is 6.12. The zero-order valence-corrected chi connectivity index (χ0v) is 18.4. The molecule has 0 aliphatic carbocycles. The summed E-state index contributed by atoms with van der Waals surface area (Å²) in [5.74, 6) is 2.45. The fourth-order valence-corrected chi connectivity index (χ4v) is 5.47. The van der Waals surface area contributed by atoms with Crippen LogP contribution in [-0.2, 0) is 0 Å². The Morgan fingerprint density at radius 2 is 1.67 bits per heavy atom. The average Bonchev–Trinajstić information content (AvgIpc) is 2.64. The summed E-state index contributed by atoms with van der Waals surface area (Å²) < 4.78 is 14.4. The number of halogens is 1. The van der Waals surface area contributed by atoms with Crippen LogP contribution in [0.1, 0.15) is 53.4 Å². The molecular formula is C23H37FN2S. The van der Waals surface area contributed by atoms with Gasteiger partial charge in [0.05, 0.1) is 5.69 Å². The van der Waals surface area contributed by atoms with Gasteiger partial charge in [-0.2, -0.15) is 0 Å². The van der Waals surface area contributed by atoms with Gasteiger partial charge in [-0.15, -0.1) is 11.8 Å². The first-order valence-corrected chi connectivity index (χ1v) is 11.7. The molecule has 0 unspecified atom stereocenters. The van der Waals surface area contributed by atoms with Gasteiger partial charge in [0.25, 0.3) is 0 Å². The lowest BCUT2D eigenvalue weighted by Gasteiger charge is -2.39. The minimum atomic E-state index is -0.0719. The fraction of sp³-hybridized carbons (Fsp3) is 0.739. The first-order chi connectivity index (χ1) is 12.9. The van der Waals surface area contributed by atoms with E-state index in [1.807, 2.05) is 17.8 Å². The minimum absolute atomic E-state index is 0.0719. The maximum absolute atomic E-state index is 14.4. The number of thioether (sulfide) groups is 1. The van der Waals surface area contributed by atoms with Crippen molar-refractivity contribution in [2.24, 2.45) is 17.8 Å². The van der Waals surface area contributed by atoms with Crippen molar-refractivity contribution in [1.82, 2.24) is 4.90 Å². The molecule has 3 rings (SSSR count). The van der Waals surface area contributed by atoms with E-state index in [-0.39, 0.29) is 5.82 Å². The van der Waals surface area contributed by atoms with Crippen molar-refractivity contribution in [3.63, 3.8) is 0 Å². The number of rotatable bonds is 6. The number of nitrogens with zero attached hydrogens (tertiary/aromatic N) is 2. The number of hydrogen-bond acceptors (Lipinski definition) is 3. The molecule has 2 heterocycles. The first-order valence-electron chi connectivity index (χ1n) is 10.9. The van der Waals surface area contributed by atoms with Crippen molar-refractivity contribution in [2.45, 2.75) is 63.5 Å². The maximum atomic E-state index is 14.4. The van der Waals surface area contributed by atoms with E-state index in [1.54, 1.807) is 6.07 Å². The van der Waals surface area contributed by atoms with Crippen LogP contribution in [0.5, 0.6) is 0 Å². The predicted octanol–water partition coefficient (Wildman–Crippen LogP) is 5.91. The Hall–Kier alpha value is -0.740. The standard InChI is InChI=1S/C23H37FN2S/c1-17(2)20-9-11-25(12-10-20)16-19-7-13-26(14-8-19)23-15-21(27-18(3)4)5-6-22(23)24/h5-6,15,17-20H,7-14,16H2,1-4H3. The van der Waals surface area contributed by atoms with Crippen molar-refractivity contribution >= 4 is 17.4 Å². The van der Waals surface area contributed by atoms with Crippen LogP contribution in [0.2, 0.25) is 0 Å². The van der Waals surface area contributed by atoms with Crippen LogP contribution in [0.25, 0.3) is 0 Å². The number of piperidine rings is 2. The van der Waals surface area contributed by atoms with E-state index >= 15 is 0 Å². The van der Waals surface area contributed by atoms with Crippen molar-refractivity contribution in [3.05, 3.63) is 24.0 Å². The van der Waals surface area contributed by atoms with Gasteiger partial charge in [-0.3, -0.25) is 0 Å². The molecule has 2 fully saturated rings. The van der Waals surface area contributed by atoms with E-state index in [4.69, 9.17) is 0 Å². The van der Waals surface area contributed by atoms with E-state index in [0.29, 0.717) is 5.25 Å². The van der Waals surface area contributed by atoms with Crippen LogP contribution in [0.15, 0.2) is 23.1 Å². The SMILES string of the molecule is CC(C)Sc1ccc(F)c(N2CCC(CN3CCC(C(C)C)CC3)CC2)c1. The van der Waals surface area contributed by atoms with Gasteiger partial charge in [0.1, 0.15) is 5.82 Å². The predicted molar refractivity (Wildman–Crippen MR) is 116 cm³/mol. The van der Waals surface area contributed by atoms with E-state index in [1.165, 1.54) is 50.2 Å². The minimum Gasteiger partial charge on any atom is -0.369 e. The van der Waals surface area contributed by atoms with E-state index in [2.05, 4.69) is 43.6 Å². The molecule has 2 aliphatic heterocycles. The van der Waals surface area contributed by atoms with Gasteiger partial charge < -0.3 is 9.80 Å². The Morgan fingerprint density at radius 1 is 1.00 bits per heavy atom. The van der Waals surface area contributed by atoms with Crippen LogP contribution in [0.3, 0.4) is 0 Å². The van der Waals surface area contributed by atoms with E-state index in [0.717, 1.165) is 36.5 Å². The van der Waals surface area contributed by atoms with Crippen LogP contribution in [0.4, 0.5) is 10.1 Å². The summed E-state index contributed by atoms with van der Waals surface area (Å²) in [6, 6.07) is 5.61. The summed E-state index contributed by atoms with van der Waals surface area (Å²) in [7, 11) is 0. The highest BCUT2D eigenvalue weighted by Crippen LogP contribution is 2.32. The lowest BCUT2D eigenvalue weighted by molar-refractivity contribution is 0.132. The molecule has 0 aromatic heterocycles. The number of hydrogen-bond donors (Lipinski definition) is 0. The van der Waals surface area contributed by atoms with Gasteiger partial charge in [0, 0.05) is 29.8 Å². The molecule has 0 bridgehead atoms. The third-order valence-electron chi connectivity index (χ3n) is 6.34. The average molecular weight is 393 g/mol. The van der Waals surface area contributed by atoms with Gasteiger partial charge in [-0.25, -0.2) is 4.39 Å². The van der Waals surface area contributed by atoms with Gasteiger partial charge in [-0.05, 0) is 74.7 Å². The second-order valence-corrected chi connectivity index (χ2v) is 10.7. The Kier molecular flexibility index (Phi) is 7.49. The third-order valence-corrected chi connectivity index (χ3v) is 7.33. The summed E-state index contributed by atoms with van der Waals surface area (Å²) in [6.07, 6.45) is 5.10. The highest BCUT2D eigenvalue weighted by molar-refractivity contribution is 7.99. The molecule has 1 aromatic rings. The van der Waals surface area contributed by atoms with Crippen LogP contribution < -0.4 is 4.90 Å². The molecule has 152 valence electrons. The summed E-state index contributed by atoms with van der Waals surface area (Å²) in [5.41, 5.74) is 0.803. The molecule has 2 nitrogen and oxygen atoms in total. The Labute approximate surface area is 169 Å². The molecule has 2 aliphatic rings. The van der Waals surface area contributed by atoms with Gasteiger partial charge >= 0.3 is 0 Å². The number of benzene rings is 1. The summed E-state index contributed by atoms with van der Waals surface area (Å²) in [6.45, 7) is 14.8. The molecule has 27 heavy (non-hydrogen) atoms. The molecule has 0 amide bonds. The molecule has 0 saturated carbocycles. The normalized spacial score (nSPS) is 20.8. The van der Waals surface area contributed by atoms with Crippen molar-refractivity contribution in [2.75, 3.05) is 37.6 Å². The second kappa shape index (κ2) is 9.65. The Balaban J connectivity index is 1.49. The topological polar surface area (TPSA) is 6.48 Å². The zero-order valence-electron chi connectivity index (χ0n) is 17.6. The van der Waals surface area contributed by atoms with Crippen LogP contribution in [-0.4, -0.2) is 42.9 Å². The van der Waals surface area contributed by atoms with Gasteiger partial charge in [0.15, 0.2) is 0 Å². The molecule has 0 atom stereocenters. The third kappa shape index (κ3) is 5.87. The van der Waals surface area contributed by atoms with Crippen LogP contribution in [0, 0.1) is 23.6 Å². The van der Waals surface area contributed by atoms with Crippen molar-refractivity contribution in [3.8, 4) is 0 Å². The Morgan fingerprint density at radius 3 is 2.26 bits per heavy atom. The zero-order chi connectivity index (χ0) is 19.4. The highest BCUT2D eigenvalue weighted by atomic mass is 32.2. The second-order valence-electron chi connectivity index (χ2n) is 9.09. The smallest absolute Gasteiger partial charge is 0.146 e. The Bertz CT molecular complexity index is 588. The largest absolute Gasteiger partial charge is 0.369 e. The monoisotopic (exact) mass is 392 g/mol. The molecule has 4 heteroatoms. The van der Waals surface area contributed by atoms with E-state index < -0.39 is 0 Å². The summed E-state index contributed by atoms with van der Waals surface area (Å²) >= 11 is 1.81. The lowest BCUT2D eigenvalue weighted by Crippen LogP contribution is -2.42. The maximum Gasteiger partial charge on any atom is 0.146 e. The summed E-state index contributed by atoms with van der Waals surface area (Å²) in [5, 5.41) is 0.522. The number of likely N-dealkylation sites (tertiary alicyclic amines) is 1. The molecule has 2 saturated heterocycles. The molecule has 0 radical (unpaired) electrons. The number of anilines is 1. The first kappa shape index (κ1) is 21.0. The van der Waals surface area contributed by atoms with E-state index in [9.17, 15) is 4.39 Å². The van der Waals surface area contributed by atoms with Crippen LogP contribution >= 0.6 is 11.8 Å². The molecule has 0 N–H and O–H groups in total. The quantitative estimate of drug-likeness (QED) is 0.556. The van der Waals surface area contributed by atoms with Crippen molar-refractivity contribution in [1.29, 1.82) is 0 Å². The van der Waals surface area contributed by atoms with Crippen molar-refractivity contribution < 1.29 is 4.39 Å². The fourth-order valence-electron chi connectivity index (χ4n) is 4.60. The molecule has 0 spiro atoms. The highest BCUT2D eigenvalue weighted by Gasteiger charge is 2.26. The molecule has 1 aromatic carbocycles.